The third kappa shape index (κ3) is 4.23. The summed E-state index contributed by atoms with van der Waals surface area (Å²) in [7, 11) is 0. The Bertz CT molecular complexity index is 884. The van der Waals surface area contributed by atoms with E-state index in [-0.39, 0.29) is 28.8 Å². The first-order valence-corrected chi connectivity index (χ1v) is 9.72. The molecule has 1 N–H and O–H groups in total. The van der Waals surface area contributed by atoms with E-state index in [1.54, 1.807) is 18.2 Å². The Morgan fingerprint density at radius 2 is 1.30 bits per heavy atom. The Morgan fingerprint density at radius 3 is 1.77 bits per heavy atom. The van der Waals surface area contributed by atoms with Crippen LogP contribution in [0.4, 0.5) is 37.7 Å². The van der Waals surface area contributed by atoms with Crippen molar-refractivity contribution in [2.75, 3.05) is 10.2 Å². The van der Waals surface area contributed by atoms with Crippen molar-refractivity contribution in [3.05, 3.63) is 59.2 Å². The summed E-state index contributed by atoms with van der Waals surface area (Å²) >= 11 is 0. The molecule has 164 valence electrons. The second-order valence-electron chi connectivity index (χ2n) is 8.19. The molecule has 0 radical (unpaired) electrons. The van der Waals surface area contributed by atoms with E-state index in [2.05, 4.69) is 5.32 Å². The Labute approximate surface area is 171 Å². The summed E-state index contributed by atoms with van der Waals surface area (Å²) in [6.45, 7) is 7.44. The van der Waals surface area contributed by atoms with E-state index in [4.69, 9.17) is 0 Å². The fourth-order valence-electron chi connectivity index (χ4n) is 3.72. The number of rotatable bonds is 3. The molecule has 2 aromatic carbocycles. The quantitative estimate of drug-likeness (QED) is 0.512. The number of fused-ring (bicyclic) bond motifs is 1. The predicted molar refractivity (Wildman–Crippen MR) is 106 cm³/mol. The van der Waals surface area contributed by atoms with Crippen molar-refractivity contribution in [2.45, 2.75) is 64.1 Å². The van der Waals surface area contributed by atoms with Gasteiger partial charge in [-0.05, 0) is 41.2 Å². The Morgan fingerprint density at radius 1 is 0.767 bits per heavy atom. The molecule has 3 rings (SSSR count). The van der Waals surface area contributed by atoms with Crippen molar-refractivity contribution in [3.8, 4) is 0 Å². The molecule has 0 saturated heterocycles. The summed E-state index contributed by atoms with van der Waals surface area (Å²) in [5, 5.41) is 2.29. The highest BCUT2D eigenvalue weighted by atomic mass is 19.4. The average Bonchev–Trinajstić information content (AvgIpc) is 2.64. The van der Waals surface area contributed by atoms with Gasteiger partial charge >= 0.3 is 12.4 Å². The van der Waals surface area contributed by atoms with E-state index < -0.39 is 24.6 Å². The molecule has 8 heteroatoms. The van der Waals surface area contributed by atoms with Gasteiger partial charge < -0.3 is 10.2 Å². The van der Waals surface area contributed by atoms with Crippen molar-refractivity contribution in [3.63, 3.8) is 0 Å². The second kappa shape index (κ2) is 7.71. The van der Waals surface area contributed by atoms with E-state index >= 15 is 0 Å². The van der Waals surface area contributed by atoms with Gasteiger partial charge in [0, 0.05) is 16.9 Å². The van der Waals surface area contributed by atoms with E-state index in [0.717, 1.165) is 5.56 Å². The van der Waals surface area contributed by atoms with Gasteiger partial charge in [-0.1, -0.05) is 52.0 Å². The minimum Gasteiger partial charge on any atom is -0.357 e. The van der Waals surface area contributed by atoms with Gasteiger partial charge in [-0.3, -0.25) is 0 Å². The lowest BCUT2D eigenvalue weighted by Crippen LogP contribution is -2.58. The van der Waals surface area contributed by atoms with Gasteiger partial charge in [-0.15, -0.1) is 0 Å². The standard InChI is InChI=1S/C22H24F6N2/c1-12(2)14-5-8-16(9-6-14)30-19(21(23,24)25)17-11-15(13(3)4)7-10-18(17)29-20(30)22(26,27)28/h5-13,19-20,29H,1-4H3. The minimum atomic E-state index is -4.92. The molecule has 0 amide bonds. The number of nitrogens with one attached hydrogen (secondary N) is 1. The maximum atomic E-state index is 14.2. The van der Waals surface area contributed by atoms with Gasteiger partial charge in [0.2, 0.25) is 0 Å². The van der Waals surface area contributed by atoms with Crippen molar-refractivity contribution >= 4 is 11.4 Å². The van der Waals surface area contributed by atoms with Crippen molar-refractivity contribution in [2.24, 2.45) is 0 Å². The van der Waals surface area contributed by atoms with Gasteiger partial charge in [0.05, 0.1) is 0 Å². The molecule has 2 atom stereocenters. The molecule has 2 nitrogen and oxygen atoms in total. The highest BCUT2D eigenvalue weighted by Gasteiger charge is 2.57. The zero-order valence-corrected chi connectivity index (χ0v) is 17.1. The summed E-state index contributed by atoms with van der Waals surface area (Å²) in [6.07, 6.45) is -12.3. The number of nitrogens with zero attached hydrogens (tertiary/aromatic N) is 1. The van der Waals surface area contributed by atoms with Gasteiger partial charge in [0.25, 0.3) is 0 Å². The maximum absolute atomic E-state index is 14.2. The SMILES string of the molecule is CC(C)c1ccc(N2C(C(F)(F)F)Nc3ccc(C(C)C)cc3C2C(F)(F)F)cc1. The van der Waals surface area contributed by atoms with Crippen molar-refractivity contribution in [1.82, 2.24) is 0 Å². The predicted octanol–water partition coefficient (Wildman–Crippen LogP) is 7.36. The van der Waals surface area contributed by atoms with Crippen LogP contribution in [0.3, 0.4) is 0 Å². The van der Waals surface area contributed by atoms with Crippen LogP contribution < -0.4 is 10.2 Å². The zero-order valence-electron chi connectivity index (χ0n) is 17.1. The third-order valence-electron chi connectivity index (χ3n) is 5.36. The summed E-state index contributed by atoms with van der Waals surface area (Å²) in [4.78, 5) is 0.399. The smallest absolute Gasteiger partial charge is 0.357 e. The van der Waals surface area contributed by atoms with Gasteiger partial charge in [0.15, 0.2) is 12.2 Å². The van der Waals surface area contributed by atoms with Crippen LogP contribution in [0.25, 0.3) is 0 Å². The van der Waals surface area contributed by atoms with E-state index in [0.29, 0.717) is 10.5 Å². The first-order chi connectivity index (χ1) is 13.8. The van der Waals surface area contributed by atoms with Crippen molar-refractivity contribution in [1.29, 1.82) is 0 Å². The normalized spacial score (nSPS) is 19.8. The van der Waals surface area contributed by atoms with Crippen LogP contribution in [0.1, 0.15) is 62.3 Å². The Kier molecular flexibility index (Phi) is 5.73. The molecule has 2 aromatic rings. The summed E-state index contributed by atoms with van der Waals surface area (Å²) in [5.41, 5.74) is 0.960. The van der Waals surface area contributed by atoms with Gasteiger partial charge in [-0.2, -0.15) is 26.3 Å². The molecule has 0 saturated carbocycles. The van der Waals surface area contributed by atoms with Gasteiger partial charge in [0.1, 0.15) is 0 Å². The molecule has 1 aliphatic heterocycles. The lowest BCUT2D eigenvalue weighted by Gasteiger charge is -2.46. The largest absolute Gasteiger partial charge is 0.427 e. The molecule has 30 heavy (non-hydrogen) atoms. The number of hydrogen-bond acceptors (Lipinski definition) is 2. The summed E-state index contributed by atoms with van der Waals surface area (Å²) < 4.78 is 84.3. The van der Waals surface area contributed by atoms with E-state index in [9.17, 15) is 26.3 Å². The van der Waals surface area contributed by atoms with E-state index in [1.165, 1.54) is 24.3 Å². The molecule has 0 aliphatic carbocycles. The number of halogens is 6. The highest BCUT2D eigenvalue weighted by molar-refractivity contribution is 5.65. The fraction of sp³-hybridized carbons (Fsp3) is 0.455. The molecule has 1 aliphatic rings. The van der Waals surface area contributed by atoms with Crippen molar-refractivity contribution < 1.29 is 26.3 Å². The summed E-state index contributed by atoms with van der Waals surface area (Å²) in [5.74, 6) is 0.0352. The monoisotopic (exact) mass is 430 g/mol. The van der Waals surface area contributed by atoms with Crippen LogP contribution in [0.5, 0.6) is 0 Å². The van der Waals surface area contributed by atoms with Crippen LogP contribution in [-0.4, -0.2) is 18.5 Å². The molecule has 0 aromatic heterocycles. The number of anilines is 2. The van der Waals surface area contributed by atoms with Crippen LogP contribution >= 0.6 is 0 Å². The highest BCUT2D eigenvalue weighted by Crippen LogP contribution is 2.50. The van der Waals surface area contributed by atoms with Gasteiger partial charge in [-0.25, -0.2) is 0 Å². The van der Waals surface area contributed by atoms with Crippen LogP contribution in [-0.2, 0) is 0 Å². The lowest BCUT2D eigenvalue weighted by molar-refractivity contribution is -0.173. The topological polar surface area (TPSA) is 15.3 Å². The molecular formula is C22H24F6N2. The Hall–Kier alpha value is -2.38. The molecule has 0 fully saturated rings. The molecule has 0 spiro atoms. The zero-order chi connectivity index (χ0) is 22.4. The second-order valence-corrected chi connectivity index (χ2v) is 8.19. The first kappa shape index (κ1) is 22.3. The molecule has 2 unspecified atom stereocenters. The molecule has 0 bridgehead atoms. The minimum absolute atomic E-state index is 0.0664. The van der Waals surface area contributed by atoms with Crippen LogP contribution in [0.15, 0.2) is 42.5 Å². The summed E-state index contributed by atoms with van der Waals surface area (Å²) in [6, 6.07) is 7.59. The number of benzene rings is 2. The number of hydrogen-bond donors (Lipinski definition) is 1. The molecule has 1 heterocycles. The number of alkyl halides is 6. The third-order valence-corrected chi connectivity index (χ3v) is 5.36. The lowest BCUT2D eigenvalue weighted by atomic mass is 9.92. The van der Waals surface area contributed by atoms with Crippen LogP contribution in [0, 0.1) is 0 Å². The van der Waals surface area contributed by atoms with E-state index in [1.807, 2.05) is 27.7 Å². The molecular weight excluding hydrogens is 406 g/mol. The van der Waals surface area contributed by atoms with Crippen LogP contribution in [0.2, 0.25) is 0 Å². The maximum Gasteiger partial charge on any atom is 0.427 e. The fourth-order valence-corrected chi connectivity index (χ4v) is 3.72. The first-order valence-electron chi connectivity index (χ1n) is 9.72. The Balaban J connectivity index is 2.22. The average molecular weight is 430 g/mol.